The number of carbonyl (C=O) groups is 1. The van der Waals surface area contributed by atoms with Crippen LogP contribution in [0.1, 0.15) is 12.5 Å². The molecule has 1 rings (SSSR count). The summed E-state index contributed by atoms with van der Waals surface area (Å²) in [5, 5.41) is 2.81. The number of halogens is 1. The number of nitrogens with one attached hydrogen (secondary N) is 1. The predicted molar refractivity (Wildman–Crippen MR) is 71.8 cm³/mol. The lowest BCUT2D eigenvalue weighted by Crippen LogP contribution is -2.26. The monoisotopic (exact) mass is 258 g/mol. The molecule has 5 heteroatoms. The van der Waals surface area contributed by atoms with Crippen LogP contribution in [-0.2, 0) is 4.79 Å². The van der Waals surface area contributed by atoms with Gasteiger partial charge in [0.1, 0.15) is 5.75 Å². The molecule has 1 unspecified atom stereocenters. The van der Waals surface area contributed by atoms with Gasteiger partial charge in [0.2, 0.25) is 5.91 Å². The van der Waals surface area contributed by atoms with Crippen molar-refractivity contribution in [3.63, 3.8) is 0 Å². The average molecular weight is 259 g/mol. The van der Waals surface area contributed by atoms with E-state index < -0.39 is 0 Å². The number of aryl methyl sites for hydroxylation is 1. The zero-order valence-electron chi connectivity index (χ0n) is 10.3. The second-order valence-electron chi connectivity index (χ2n) is 3.83. The first-order valence-corrected chi connectivity index (χ1v) is 5.24. The summed E-state index contributed by atoms with van der Waals surface area (Å²) in [5.41, 5.74) is 7.19. The van der Waals surface area contributed by atoms with Crippen molar-refractivity contribution < 1.29 is 9.53 Å². The summed E-state index contributed by atoms with van der Waals surface area (Å²) < 4.78 is 5.17. The van der Waals surface area contributed by atoms with E-state index in [9.17, 15) is 4.79 Å². The van der Waals surface area contributed by atoms with Crippen LogP contribution in [0.2, 0.25) is 0 Å². The molecule has 1 aromatic carbocycles. The minimum atomic E-state index is -0.204. The second kappa shape index (κ2) is 7.14. The molecular weight excluding hydrogens is 240 g/mol. The Bertz CT molecular complexity index is 383. The van der Waals surface area contributed by atoms with Crippen molar-refractivity contribution in [3.8, 4) is 5.75 Å². The van der Waals surface area contributed by atoms with E-state index in [4.69, 9.17) is 10.5 Å². The highest BCUT2D eigenvalue weighted by Crippen LogP contribution is 2.25. The lowest BCUT2D eigenvalue weighted by molar-refractivity contribution is -0.119. The van der Waals surface area contributed by atoms with Crippen molar-refractivity contribution >= 4 is 24.0 Å². The van der Waals surface area contributed by atoms with Crippen LogP contribution in [0.4, 0.5) is 5.69 Å². The number of rotatable bonds is 4. The molecule has 0 heterocycles. The Hall–Kier alpha value is -1.26. The quantitative estimate of drug-likeness (QED) is 0.868. The summed E-state index contributed by atoms with van der Waals surface area (Å²) in [6.45, 7) is 4.08. The number of nitrogens with two attached hydrogens (primary N) is 1. The van der Waals surface area contributed by atoms with Gasteiger partial charge in [-0.05, 0) is 24.6 Å². The first kappa shape index (κ1) is 15.7. The molecule has 4 nitrogen and oxygen atoms in total. The van der Waals surface area contributed by atoms with E-state index in [0.29, 0.717) is 18.0 Å². The highest BCUT2D eigenvalue weighted by molar-refractivity contribution is 5.94. The number of ether oxygens (including phenoxy) is 1. The van der Waals surface area contributed by atoms with Crippen molar-refractivity contribution in [2.24, 2.45) is 11.7 Å². The first-order chi connectivity index (χ1) is 7.58. The Morgan fingerprint density at radius 1 is 1.53 bits per heavy atom. The Morgan fingerprint density at radius 3 is 2.71 bits per heavy atom. The van der Waals surface area contributed by atoms with E-state index in [1.807, 2.05) is 25.1 Å². The molecule has 96 valence electrons. The number of methoxy groups -OCH3 is 1. The SMILES string of the molecule is COc1ccc(C)cc1NC(=O)C(C)CN.Cl. The molecule has 0 saturated carbocycles. The second-order valence-corrected chi connectivity index (χ2v) is 3.83. The van der Waals surface area contributed by atoms with Crippen LogP contribution in [-0.4, -0.2) is 19.6 Å². The predicted octanol–water partition coefficient (Wildman–Crippen LogP) is 1.96. The molecule has 0 saturated heterocycles. The Labute approximate surface area is 108 Å². The van der Waals surface area contributed by atoms with Crippen LogP contribution in [0.15, 0.2) is 18.2 Å². The lowest BCUT2D eigenvalue weighted by atomic mass is 10.1. The van der Waals surface area contributed by atoms with E-state index in [1.165, 1.54) is 0 Å². The minimum Gasteiger partial charge on any atom is -0.495 e. The van der Waals surface area contributed by atoms with Gasteiger partial charge in [0.05, 0.1) is 12.8 Å². The van der Waals surface area contributed by atoms with Crippen LogP contribution >= 0.6 is 12.4 Å². The molecule has 1 atom stereocenters. The number of hydrogen-bond acceptors (Lipinski definition) is 3. The standard InChI is InChI=1S/C12H18N2O2.ClH/c1-8-4-5-11(16-3)10(6-8)14-12(15)9(2)7-13;/h4-6,9H,7,13H2,1-3H3,(H,14,15);1H. The maximum absolute atomic E-state index is 11.7. The largest absolute Gasteiger partial charge is 0.495 e. The van der Waals surface area contributed by atoms with E-state index >= 15 is 0 Å². The van der Waals surface area contributed by atoms with E-state index in [2.05, 4.69) is 5.32 Å². The fourth-order valence-electron chi connectivity index (χ4n) is 1.28. The Morgan fingerprint density at radius 2 is 2.18 bits per heavy atom. The van der Waals surface area contributed by atoms with Gasteiger partial charge in [0, 0.05) is 12.5 Å². The molecule has 0 spiro atoms. The summed E-state index contributed by atoms with van der Waals surface area (Å²) in [5.74, 6) is 0.361. The van der Waals surface area contributed by atoms with Crippen molar-refractivity contribution in [2.45, 2.75) is 13.8 Å². The third kappa shape index (κ3) is 4.24. The van der Waals surface area contributed by atoms with Gasteiger partial charge in [-0.1, -0.05) is 13.0 Å². The number of anilines is 1. The topological polar surface area (TPSA) is 64.3 Å². The van der Waals surface area contributed by atoms with E-state index in [0.717, 1.165) is 5.56 Å². The minimum absolute atomic E-state index is 0. The maximum atomic E-state index is 11.7. The summed E-state index contributed by atoms with van der Waals surface area (Å²) in [6, 6.07) is 5.64. The van der Waals surface area contributed by atoms with Crippen LogP contribution in [0.25, 0.3) is 0 Å². The lowest BCUT2D eigenvalue weighted by Gasteiger charge is -2.13. The molecule has 0 fully saturated rings. The molecule has 0 radical (unpaired) electrons. The van der Waals surface area contributed by atoms with Crippen molar-refractivity contribution in [3.05, 3.63) is 23.8 Å². The molecular formula is C12H19ClN2O2. The normalized spacial score (nSPS) is 11.3. The fraction of sp³-hybridized carbons (Fsp3) is 0.417. The van der Waals surface area contributed by atoms with E-state index in [1.54, 1.807) is 14.0 Å². The molecule has 0 aliphatic rings. The molecule has 17 heavy (non-hydrogen) atoms. The molecule has 1 aromatic rings. The van der Waals surface area contributed by atoms with Crippen LogP contribution < -0.4 is 15.8 Å². The molecule has 0 aliphatic carbocycles. The Kier molecular flexibility index (Phi) is 6.61. The van der Waals surface area contributed by atoms with E-state index in [-0.39, 0.29) is 24.2 Å². The zero-order valence-corrected chi connectivity index (χ0v) is 11.1. The number of carbonyl (C=O) groups excluding carboxylic acids is 1. The molecule has 1 amide bonds. The van der Waals surface area contributed by atoms with Gasteiger partial charge in [0.15, 0.2) is 0 Å². The van der Waals surface area contributed by atoms with Gasteiger partial charge in [-0.15, -0.1) is 12.4 Å². The number of benzene rings is 1. The summed E-state index contributed by atoms with van der Waals surface area (Å²) >= 11 is 0. The van der Waals surface area contributed by atoms with Crippen molar-refractivity contribution in [1.29, 1.82) is 0 Å². The molecule has 3 N–H and O–H groups in total. The van der Waals surface area contributed by atoms with Crippen LogP contribution in [0.3, 0.4) is 0 Å². The smallest absolute Gasteiger partial charge is 0.228 e. The molecule has 0 bridgehead atoms. The highest BCUT2D eigenvalue weighted by atomic mass is 35.5. The average Bonchev–Trinajstić information content (AvgIpc) is 2.28. The molecule has 0 aromatic heterocycles. The number of hydrogen-bond donors (Lipinski definition) is 2. The summed E-state index contributed by atoms with van der Waals surface area (Å²) in [7, 11) is 1.58. The van der Waals surface area contributed by atoms with Crippen molar-refractivity contribution in [1.82, 2.24) is 0 Å². The van der Waals surface area contributed by atoms with Gasteiger partial charge < -0.3 is 15.8 Å². The van der Waals surface area contributed by atoms with Gasteiger partial charge >= 0.3 is 0 Å². The molecule has 0 aliphatic heterocycles. The van der Waals surface area contributed by atoms with Crippen LogP contribution in [0.5, 0.6) is 5.75 Å². The highest BCUT2D eigenvalue weighted by Gasteiger charge is 2.13. The number of amides is 1. The Balaban J connectivity index is 0.00000256. The van der Waals surface area contributed by atoms with Gasteiger partial charge in [0.25, 0.3) is 0 Å². The fourth-order valence-corrected chi connectivity index (χ4v) is 1.28. The van der Waals surface area contributed by atoms with Crippen LogP contribution in [0, 0.1) is 12.8 Å². The summed E-state index contributed by atoms with van der Waals surface area (Å²) in [6.07, 6.45) is 0. The third-order valence-corrected chi connectivity index (χ3v) is 2.41. The van der Waals surface area contributed by atoms with Gasteiger partial charge in [-0.25, -0.2) is 0 Å². The van der Waals surface area contributed by atoms with Gasteiger partial charge in [-0.3, -0.25) is 4.79 Å². The summed E-state index contributed by atoms with van der Waals surface area (Å²) in [4.78, 5) is 11.7. The first-order valence-electron chi connectivity index (χ1n) is 5.24. The maximum Gasteiger partial charge on any atom is 0.228 e. The van der Waals surface area contributed by atoms with Gasteiger partial charge in [-0.2, -0.15) is 0 Å². The zero-order chi connectivity index (χ0) is 12.1. The third-order valence-electron chi connectivity index (χ3n) is 2.41. The van der Waals surface area contributed by atoms with Crippen molar-refractivity contribution in [2.75, 3.05) is 19.0 Å².